The first-order valence-corrected chi connectivity index (χ1v) is 12.3. The van der Waals surface area contributed by atoms with Crippen LogP contribution in [0.1, 0.15) is 11.1 Å². The Labute approximate surface area is 200 Å². The standard InChI is InChI=1S/C24H20ClN3O5S/c1-16-12-19(28(30)31)10-11-21(16)26-24(29)14-27-13-23(20-4-2-3-5-22(20)27)34(32,33)15-17-6-8-18(25)9-7-17/h2-13H,14-15H2,1H3,(H,26,29). The summed E-state index contributed by atoms with van der Waals surface area (Å²) in [5.41, 5.74) is 2.14. The van der Waals surface area contributed by atoms with Crippen LogP contribution in [0.3, 0.4) is 0 Å². The molecular weight excluding hydrogens is 478 g/mol. The highest BCUT2D eigenvalue weighted by molar-refractivity contribution is 7.90. The van der Waals surface area contributed by atoms with E-state index >= 15 is 0 Å². The molecule has 10 heteroatoms. The SMILES string of the molecule is Cc1cc([N+](=O)[O-])ccc1NC(=O)Cn1cc(S(=O)(=O)Cc2ccc(Cl)cc2)c2ccccc21. The first kappa shape index (κ1) is 23.5. The number of carbonyl (C=O) groups excluding carboxylic acids is 1. The summed E-state index contributed by atoms with van der Waals surface area (Å²) in [6.45, 7) is 1.53. The normalized spacial score (nSPS) is 11.5. The number of nitrogens with one attached hydrogen (secondary N) is 1. The van der Waals surface area contributed by atoms with Crippen LogP contribution in [-0.2, 0) is 26.9 Å². The van der Waals surface area contributed by atoms with Gasteiger partial charge in [-0.1, -0.05) is 41.9 Å². The number of nitrogens with zero attached hydrogens (tertiary/aromatic N) is 2. The molecule has 0 aliphatic heterocycles. The third-order valence-corrected chi connectivity index (χ3v) is 7.33. The summed E-state index contributed by atoms with van der Waals surface area (Å²) in [6.07, 6.45) is 1.47. The molecule has 0 aliphatic rings. The molecule has 0 saturated heterocycles. The number of aromatic nitrogens is 1. The van der Waals surface area contributed by atoms with Crippen LogP contribution in [0.2, 0.25) is 5.02 Å². The van der Waals surface area contributed by atoms with Crippen LogP contribution in [0.15, 0.2) is 77.8 Å². The van der Waals surface area contributed by atoms with Gasteiger partial charge in [-0.3, -0.25) is 14.9 Å². The van der Waals surface area contributed by atoms with E-state index < -0.39 is 14.8 Å². The van der Waals surface area contributed by atoms with Crippen LogP contribution in [0.25, 0.3) is 10.9 Å². The van der Waals surface area contributed by atoms with Crippen molar-refractivity contribution in [3.8, 4) is 0 Å². The van der Waals surface area contributed by atoms with Gasteiger partial charge in [0.15, 0.2) is 9.84 Å². The van der Waals surface area contributed by atoms with Gasteiger partial charge in [0.25, 0.3) is 5.69 Å². The molecule has 174 valence electrons. The minimum absolute atomic E-state index is 0.0672. The van der Waals surface area contributed by atoms with E-state index in [1.54, 1.807) is 60.0 Å². The lowest BCUT2D eigenvalue weighted by Gasteiger charge is -2.09. The van der Waals surface area contributed by atoms with Crippen LogP contribution >= 0.6 is 11.6 Å². The number of fused-ring (bicyclic) bond motifs is 1. The number of rotatable bonds is 7. The molecule has 1 N–H and O–H groups in total. The molecule has 0 spiro atoms. The molecule has 0 saturated carbocycles. The third kappa shape index (κ3) is 4.95. The maximum atomic E-state index is 13.2. The smallest absolute Gasteiger partial charge is 0.269 e. The second kappa shape index (κ2) is 9.28. The number of halogens is 1. The van der Waals surface area contributed by atoms with Crippen molar-refractivity contribution < 1.29 is 18.1 Å². The monoisotopic (exact) mass is 497 g/mol. The van der Waals surface area contributed by atoms with Gasteiger partial charge in [0.05, 0.1) is 15.6 Å². The van der Waals surface area contributed by atoms with Crippen molar-refractivity contribution in [1.82, 2.24) is 4.57 Å². The van der Waals surface area contributed by atoms with Gasteiger partial charge in [-0.15, -0.1) is 0 Å². The molecule has 1 aromatic heterocycles. The number of sulfone groups is 1. The van der Waals surface area contributed by atoms with Gasteiger partial charge in [-0.25, -0.2) is 8.42 Å². The number of carbonyl (C=O) groups is 1. The van der Waals surface area contributed by atoms with Gasteiger partial charge in [0.1, 0.15) is 6.54 Å². The minimum Gasteiger partial charge on any atom is -0.337 e. The molecule has 0 fully saturated rings. The number of nitro groups is 1. The molecule has 0 bridgehead atoms. The van der Waals surface area contributed by atoms with Gasteiger partial charge in [0.2, 0.25) is 5.91 Å². The van der Waals surface area contributed by atoms with Crippen molar-refractivity contribution in [2.45, 2.75) is 24.1 Å². The van der Waals surface area contributed by atoms with Crippen molar-refractivity contribution >= 4 is 49.6 Å². The Morgan fingerprint density at radius 1 is 1.09 bits per heavy atom. The Hall–Kier alpha value is -3.69. The Morgan fingerprint density at radius 3 is 2.47 bits per heavy atom. The average Bonchev–Trinajstić information content (AvgIpc) is 3.16. The van der Waals surface area contributed by atoms with E-state index in [0.29, 0.717) is 32.7 Å². The maximum absolute atomic E-state index is 13.2. The van der Waals surface area contributed by atoms with E-state index in [-0.39, 0.29) is 28.8 Å². The molecule has 3 aromatic carbocycles. The number of anilines is 1. The zero-order chi connectivity index (χ0) is 24.5. The van der Waals surface area contributed by atoms with Crippen LogP contribution in [-0.4, -0.2) is 23.8 Å². The molecule has 0 aliphatic carbocycles. The quantitative estimate of drug-likeness (QED) is 0.281. The van der Waals surface area contributed by atoms with E-state index in [1.165, 1.54) is 24.4 Å². The Balaban J connectivity index is 1.61. The molecule has 0 unspecified atom stereocenters. The molecule has 0 atom stereocenters. The van der Waals surface area contributed by atoms with E-state index in [1.807, 2.05) is 0 Å². The van der Waals surface area contributed by atoms with Gasteiger partial charge >= 0.3 is 0 Å². The fraction of sp³-hybridized carbons (Fsp3) is 0.125. The van der Waals surface area contributed by atoms with Gasteiger partial charge in [-0.05, 0) is 42.3 Å². The van der Waals surface area contributed by atoms with E-state index in [4.69, 9.17) is 11.6 Å². The number of hydrogen-bond acceptors (Lipinski definition) is 5. The molecule has 1 heterocycles. The highest BCUT2D eigenvalue weighted by atomic mass is 35.5. The second-order valence-electron chi connectivity index (χ2n) is 7.83. The van der Waals surface area contributed by atoms with Crippen molar-refractivity contribution in [2.75, 3.05) is 5.32 Å². The summed E-state index contributed by atoms with van der Waals surface area (Å²) in [6, 6.07) is 17.7. The lowest BCUT2D eigenvalue weighted by atomic mass is 10.2. The second-order valence-corrected chi connectivity index (χ2v) is 10.2. The van der Waals surface area contributed by atoms with Gasteiger partial charge in [0, 0.05) is 39.9 Å². The van der Waals surface area contributed by atoms with Crippen molar-refractivity contribution in [3.05, 3.63) is 99.2 Å². The predicted octanol–water partition coefficient (Wildman–Crippen LogP) is 5.12. The zero-order valence-electron chi connectivity index (χ0n) is 18.1. The summed E-state index contributed by atoms with van der Waals surface area (Å²) in [7, 11) is -3.71. The Morgan fingerprint density at radius 2 is 1.79 bits per heavy atom. The van der Waals surface area contributed by atoms with E-state index in [0.717, 1.165) is 0 Å². The molecule has 0 radical (unpaired) electrons. The number of aryl methyl sites for hydroxylation is 1. The molecular formula is C24H20ClN3O5S. The zero-order valence-corrected chi connectivity index (χ0v) is 19.6. The number of nitro benzene ring substituents is 1. The van der Waals surface area contributed by atoms with Crippen LogP contribution in [0, 0.1) is 17.0 Å². The highest BCUT2D eigenvalue weighted by Gasteiger charge is 2.22. The van der Waals surface area contributed by atoms with Gasteiger partial charge in [-0.2, -0.15) is 0 Å². The van der Waals surface area contributed by atoms with Crippen LogP contribution in [0.5, 0.6) is 0 Å². The van der Waals surface area contributed by atoms with Crippen LogP contribution < -0.4 is 5.32 Å². The predicted molar refractivity (Wildman–Crippen MR) is 131 cm³/mol. The number of hydrogen-bond donors (Lipinski definition) is 1. The molecule has 4 aromatic rings. The summed E-state index contributed by atoms with van der Waals surface area (Å²) in [5, 5.41) is 14.7. The van der Waals surface area contributed by atoms with Crippen molar-refractivity contribution in [2.24, 2.45) is 0 Å². The third-order valence-electron chi connectivity index (χ3n) is 5.37. The number of para-hydroxylation sites is 1. The first-order valence-electron chi connectivity index (χ1n) is 10.2. The van der Waals surface area contributed by atoms with Gasteiger partial charge < -0.3 is 9.88 Å². The molecule has 4 rings (SSSR count). The topological polar surface area (TPSA) is 111 Å². The number of benzene rings is 3. The fourth-order valence-corrected chi connectivity index (χ4v) is 5.42. The largest absolute Gasteiger partial charge is 0.337 e. The number of amides is 1. The van der Waals surface area contributed by atoms with E-state index in [2.05, 4.69) is 5.32 Å². The van der Waals surface area contributed by atoms with E-state index in [9.17, 15) is 23.3 Å². The fourth-order valence-electron chi connectivity index (χ4n) is 3.72. The Bertz CT molecular complexity index is 1510. The summed E-state index contributed by atoms with van der Waals surface area (Å²) in [4.78, 5) is 23.3. The molecule has 8 nitrogen and oxygen atoms in total. The van der Waals surface area contributed by atoms with Crippen molar-refractivity contribution in [1.29, 1.82) is 0 Å². The molecule has 34 heavy (non-hydrogen) atoms. The highest BCUT2D eigenvalue weighted by Crippen LogP contribution is 2.29. The maximum Gasteiger partial charge on any atom is 0.269 e. The Kier molecular flexibility index (Phi) is 6.41. The first-order chi connectivity index (χ1) is 16.1. The number of non-ortho nitro benzene ring substituents is 1. The summed E-state index contributed by atoms with van der Waals surface area (Å²) < 4.78 is 28.0. The molecule has 1 amide bonds. The average molecular weight is 498 g/mol. The summed E-state index contributed by atoms with van der Waals surface area (Å²) in [5.74, 6) is -0.592. The minimum atomic E-state index is -3.71. The lowest BCUT2D eigenvalue weighted by molar-refractivity contribution is -0.384. The van der Waals surface area contributed by atoms with Crippen LogP contribution in [0.4, 0.5) is 11.4 Å². The summed E-state index contributed by atoms with van der Waals surface area (Å²) >= 11 is 5.90. The van der Waals surface area contributed by atoms with Crippen molar-refractivity contribution in [3.63, 3.8) is 0 Å². The lowest BCUT2D eigenvalue weighted by Crippen LogP contribution is -2.19.